The van der Waals surface area contributed by atoms with E-state index in [1.54, 1.807) is 0 Å². The highest BCUT2D eigenvalue weighted by Gasteiger charge is 2.47. The standard InChI is InChI=1S/C6H4ClF8N3/c7-1(5(12,13)2(8)9)17-18-4(16)6(14,15)3(10)11/h2-3H,(H2,16,18). The van der Waals surface area contributed by atoms with E-state index in [0.29, 0.717) is 0 Å². The summed E-state index contributed by atoms with van der Waals surface area (Å²) in [4.78, 5) is 0. The summed E-state index contributed by atoms with van der Waals surface area (Å²) in [6.07, 6.45) is -8.55. The molecule has 0 aromatic heterocycles. The van der Waals surface area contributed by atoms with E-state index in [2.05, 4.69) is 27.5 Å². The molecule has 0 radical (unpaired) electrons. The van der Waals surface area contributed by atoms with Crippen LogP contribution >= 0.6 is 11.6 Å². The largest absolute Gasteiger partial charge is 0.380 e. The summed E-state index contributed by atoms with van der Waals surface area (Å²) in [6, 6.07) is 0. The van der Waals surface area contributed by atoms with E-state index < -0.39 is 35.7 Å². The molecule has 0 aliphatic heterocycles. The molecule has 0 rings (SSSR count). The van der Waals surface area contributed by atoms with E-state index in [4.69, 9.17) is 0 Å². The number of amidine groups is 1. The summed E-state index contributed by atoms with van der Waals surface area (Å²) in [7, 11) is 0. The van der Waals surface area contributed by atoms with Gasteiger partial charge in [0.1, 0.15) is 0 Å². The number of halogens is 9. The van der Waals surface area contributed by atoms with E-state index in [1.165, 1.54) is 0 Å². The molecule has 0 spiro atoms. The van der Waals surface area contributed by atoms with Crippen molar-refractivity contribution in [1.82, 2.24) is 0 Å². The molecule has 0 bridgehead atoms. The minimum Gasteiger partial charge on any atom is -0.380 e. The lowest BCUT2D eigenvalue weighted by molar-refractivity contribution is -0.0762. The Bertz CT molecular complexity index is 319. The molecule has 0 aromatic rings. The molecule has 18 heavy (non-hydrogen) atoms. The third-order valence-electron chi connectivity index (χ3n) is 1.41. The molecule has 0 saturated heterocycles. The highest BCUT2D eigenvalue weighted by molar-refractivity contribution is 6.67. The van der Waals surface area contributed by atoms with Gasteiger partial charge in [-0.05, 0) is 0 Å². The summed E-state index contributed by atoms with van der Waals surface area (Å²) in [5.74, 6) is -12.0. The first-order valence-electron chi connectivity index (χ1n) is 3.83. The fourth-order valence-corrected chi connectivity index (χ4v) is 0.553. The van der Waals surface area contributed by atoms with Crippen LogP contribution in [0.3, 0.4) is 0 Å². The molecular formula is C6H4ClF8N3. The topological polar surface area (TPSA) is 50.7 Å². The van der Waals surface area contributed by atoms with Gasteiger partial charge in [-0.2, -0.15) is 17.6 Å². The molecule has 0 heterocycles. The van der Waals surface area contributed by atoms with E-state index in [9.17, 15) is 35.1 Å². The summed E-state index contributed by atoms with van der Waals surface area (Å²) in [5.41, 5.74) is 4.34. The van der Waals surface area contributed by atoms with Crippen molar-refractivity contribution in [3.8, 4) is 0 Å². The molecule has 0 aliphatic rings. The Kier molecular flexibility index (Phi) is 5.32. The van der Waals surface area contributed by atoms with Gasteiger partial charge in [-0.1, -0.05) is 11.6 Å². The highest BCUT2D eigenvalue weighted by atomic mass is 35.5. The van der Waals surface area contributed by atoms with Crippen molar-refractivity contribution in [2.75, 3.05) is 0 Å². The maximum atomic E-state index is 12.4. The Morgan fingerprint density at radius 2 is 1.28 bits per heavy atom. The fraction of sp³-hybridized carbons (Fsp3) is 0.667. The van der Waals surface area contributed by atoms with Gasteiger partial charge in [0, 0.05) is 0 Å². The second-order valence-corrected chi connectivity index (χ2v) is 3.08. The molecule has 0 amide bonds. The van der Waals surface area contributed by atoms with Crippen LogP contribution in [0.15, 0.2) is 10.2 Å². The number of alkyl halides is 8. The van der Waals surface area contributed by atoms with Crippen LogP contribution in [-0.4, -0.2) is 35.7 Å². The lowest BCUT2D eigenvalue weighted by Gasteiger charge is -2.14. The van der Waals surface area contributed by atoms with Gasteiger partial charge >= 0.3 is 24.7 Å². The zero-order valence-electron chi connectivity index (χ0n) is 8.03. The van der Waals surface area contributed by atoms with E-state index in [-0.39, 0.29) is 0 Å². The second-order valence-electron chi connectivity index (χ2n) is 2.72. The van der Waals surface area contributed by atoms with Crippen LogP contribution in [0.5, 0.6) is 0 Å². The Labute approximate surface area is 99.3 Å². The third-order valence-corrected chi connectivity index (χ3v) is 1.74. The van der Waals surface area contributed by atoms with Crippen molar-refractivity contribution in [2.24, 2.45) is 15.9 Å². The van der Waals surface area contributed by atoms with Crippen LogP contribution < -0.4 is 5.73 Å². The van der Waals surface area contributed by atoms with Crippen molar-refractivity contribution in [3.63, 3.8) is 0 Å². The molecule has 0 atom stereocenters. The number of hydrogen-bond donors (Lipinski definition) is 1. The minimum absolute atomic E-state index is 2.07. The Balaban J connectivity index is 5.14. The number of hydrogen-bond acceptors (Lipinski definition) is 2. The number of nitrogens with zero attached hydrogens (tertiary/aromatic N) is 2. The maximum absolute atomic E-state index is 12.4. The zero-order valence-corrected chi connectivity index (χ0v) is 8.78. The van der Waals surface area contributed by atoms with Crippen molar-refractivity contribution >= 4 is 22.6 Å². The van der Waals surface area contributed by atoms with Gasteiger partial charge < -0.3 is 5.73 Å². The van der Waals surface area contributed by atoms with E-state index in [0.717, 1.165) is 0 Å². The monoisotopic (exact) mass is 305 g/mol. The van der Waals surface area contributed by atoms with Gasteiger partial charge in [0.25, 0.3) is 0 Å². The smallest absolute Gasteiger partial charge is 0.365 e. The molecule has 0 aliphatic carbocycles. The Hall–Kier alpha value is -1.13. The van der Waals surface area contributed by atoms with Gasteiger partial charge in [0.05, 0.1) is 0 Å². The van der Waals surface area contributed by atoms with Crippen molar-refractivity contribution in [2.45, 2.75) is 24.7 Å². The Morgan fingerprint density at radius 1 is 0.889 bits per heavy atom. The molecule has 12 heteroatoms. The molecule has 106 valence electrons. The van der Waals surface area contributed by atoms with Gasteiger partial charge in [-0.25, -0.2) is 17.6 Å². The van der Waals surface area contributed by atoms with Gasteiger partial charge in [-0.15, -0.1) is 10.2 Å². The first kappa shape index (κ1) is 16.9. The second kappa shape index (κ2) is 5.67. The zero-order chi connectivity index (χ0) is 14.7. The molecule has 2 N–H and O–H groups in total. The van der Waals surface area contributed by atoms with Crippen LogP contribution in [0.2, 0.25) is 0 Å². The van der Waals surface area contributed by atoms with E-state index >= 15 is 0 Å². The maximum Gasteiger partial charge on any atom is 0.365 e. The summed E-state index contributed by atoms with van der Waals surface area (Å²) in [6.45, 7) is 0. The highest BCUT2D eigenvalue weighted by Crippen LogP contribution is 2.27. The normalized spacial score (nSPS) is 15.7. The van der Waals surface area contributed by atoms with Crippen molar-refractivity contribution in [1.29, 1.82) is 0 Å². The van der Waals surface area contributed by atoms with Crippen molar-refractivity contribution < 1.29 is 35.1 Å². The number of nitrogens with two attached hydrogens (primary N) is 1. The van der Waals surface area contributed by atoms with Crippen molar-refractivity contribution in [3.05, 3.63) is 0 Å². The lowest BCUT2D eigenvalue weighted by Crippen LogP contribution is -2.42. The van der Waals surface area contributed by atoms with Crippen LogP contribution in [0, 0.1) is 0 Å². The molecule has 0 aromatic carbocycles. The van der Waals surface area contributed by atoms with Crippen LogP contribution in [-0.2, 0) is 0 Å². The SMILES string of the molecule is NC(=NN=C(Cl)C(F)(F)C(F)F)C(F)(F)C(F)F. The predicted octanol–water partition coefficient (Wildman–Crippen LogP) is 2.70. The van der Waals surface area contributed by atoms with Crippen LogP contribution in [0.1, 0.15) is 0 Å². The van der Waals surface area contributed by atoms with Gasteiger partial charge in [0.15, 0.2) is 5.84 Å². The molecule has 0 unspecified atom stereocenters. The first-order chi connectivity index (χ1) is 7.94. The summed E-state index contributed by atoms with van der Waals surface area (Å²) >= 11 is 4.57. The van der Waals surface area contributed by atoms with E-state index in [1.807, 2.05) is 0 Å². The average Bonchev–Trinajstić information content (AvgIpc) is 2.24. The fourth-order valence-electron chi connectivity index (χ4n) is 0.433. The molecular weight excluding hydrogens is 302 g/mol. The van der Waals surface area contributed by atoms with Gasteiger partial charge in [-0.3, -0.25) is 0 Å². The average molecular weight is 306 g/mol. The number of rotatable bonds is 5. The quantitative estimate of drug-likeness (QED) is 0.361. The van der Waals surface area contributed by atoms with Crippen LogP contribution in [0.4, 0.5) is 35.1 Å². The minimum atomic E-state index is -4.95. The third kappa shape index (κ3) is 3.68. The Morgan fingerprint density at radius 3 is 1.61 bits per heavy atom. The summed E-state index contributed by atoms with van der Waals surface area (Å²) < 4.78 is 96.3. The molecule has 0 saturated carbocycles. The van der Waals surface area contributed by atoms with Crippen LogP contribution in [0.25, 0.3) is 0 Å². The predicted molar refractivity (Wildman–Crippen MR) is 46.8 cm³/mol. The summed E-state index contributed by atoms with van der Waals surface area (Å²) in [5, 5.41) is 1.98. The molecule has 0 fully saturated rings. The van der Waals surface area contributed by atoms with Gasteiger partial charge in [0.2, 0.25) is 5.17 Å². The first-order valence-corrected chi connectivity index (χ1v) is 4.21. The lowest BCUT2D eigenvalue weighted by atomic mass is 10.3. The molecule has 3 nitrogen and oxygen atoms in total.